The largest absolute Gasteiger partial charge is 0.416 e. The molecule has 0 atom stereocenters. The number of hydrogen-bond acceptors (Lipinski definition) is 6. The fraction of sp³-hybridized carbons (Fsp3) is 0.476. The Balaban J connectivity index is 1.47. The maximum absolute atomic E-state index is 13.0. The van der Waals surface area contributed by atoms with Crippen LogP contribution in [0.3, 0.4) is 0 Å². The highest BCUT2D eigenvalue weighted by Crippen LogP contribution is 2.37. The lowest BCUT2D eigenvalue weighted by molar-refractivity contribution is -0.140. The number of rotatable bonds is 8. The van der Waals surface area contributed by atoms with Crippen LogP contribution in [0.5, 0.6) is 0 Å². The summed E-state index contributed by atoms with van der Waals surface area (Å²) >= 11 is 12.7. The molecule has 2 heterocycles. The Morgan fingerprint density at radius 1 is 1.26 bits per heavy atom. The van der Waals surface area contributed by atoms with E-state index in [0.717, 1.165) is 27.8 Å². The van der Waals surface area contributed by atoms with Gasteiger partial charge in [-0.25, -0.2) is 8.42 Å². The van der Waals surface area contributed by atoms with E-state index < -0.39 is 27.4 Å². The molecular weight excluding hydrogens is 552 g/mol. The fourth-order valence-electron chi connectivity index (χ4n) is 3.63. The van der Waals surface area contributed by atoms with Crippen LogP contribution >= 0.6 is 34.5 Å². The molecule has 3 rings (SSSR count). The highest BCUT2D eigenvalue weighted by atomic mass is 35.5. The summed E-state index contributed by atoms with van der Waals surface area (Å²) in [6.45, 7) is -0.115. The average molecular weight is 575 g/mol. The quantitative estimate of drug-likeness (QED) is 0.477. The van der Waals surface area contributed by atoms with Gasteiger partial charge in [0, 0.05) is 26.7 Å². The van der Waals surface area contributed by atoms with Gasteiger partial charge in [-0.1, -0.05) is 35.3 Å². The van der Waals surface area contributed by atoms with E-state index in [1.54, 1.807) is 0 Å². The number of ether oxygens (including phenoxy) is 1. The van der Waals surface area contributed by atoms with Crippen molar-refractivity contribution in [3.05, 3.63) is 50.1 Å². The lowest BCUT2D eigenvalue weighted by atomic mass is 9.83. The van der Waals surface area contributed by atoms with Crippen molar-refractivity contribution < 1.29 is 36.2 Å². The summed E-state index contributed by atoms with van der Waals surface area (Å²) in [5.74, 6) is -0.366. The van der Waals surface area contributed by atoms with Crippen molar-refractivity contribution in [2.45, 2.75) is 29.5 Å². The van der Waals surface area contributed by atoms with Gasteiger partial charge in [-0.3, -0.25) is 4.79 Å². The second kappa shape index (κ2) is 10.9. The summed E-state index contributed by atoms with van der Waals surface area (Å²) < 4.78 is 70.8. The van der Waals surface area contributed by atoms with Gasteiger partial charge < -0.3 is 14.7 Å². The van der Waals surface area contributed by atoms with Crippen molar-refractivity contribution >= 4 is 50.5 Å². The predicted molar refractivity (Wildman–Crippen MR) is 126 cm³/mol. The fourth-order valence-corrected chi connectivity index (χ4v) is 6.90. The van der Waals surface area contributed by atoms with Crippen LogP contribution in [-0.2, 0) is 31.3 Å². The van der Waals surface area contributed by atoms with Crippen molar-refractivity contribution in [1.82, 2.24) is 9.21 Å². The van der Waals surface area contributed by atoms with E-state index in [2.05, 4.69) is 0 Å². The number of thiophene rings is 1. The summed E-state index contributed by atoms with van der Waals surface area (Å²) in [4.78, 5) is 13.8. The van der Waals surface area contributed by atoms with Gasteiger partial charge in [0.05, 0.1) is 22.1 Å². The maximum atomic E-state index is 13.0. The lowest BCUT2D eigenvalue weighted by Gasteiger charge is -2.38. The Morgan fingerprint density at radius 2 is 1.91 bits per heavy atom. The number of likely N-dealkylation sites (tertiary alicyclic amines) is 1. The molecule has 0 spiro atoms. The first-order chi connectivity index (χ1) is 16.2. The van der Waals surface area contributed by atoms with Gasteiger partial charge in [-0.05, 0) is 36.6 Å². The number of benzene rings is 1. The third-order valence-electron chi connectivity index (χ3n) is 5.76. The van der Waals surface area contributed by atoms with Crippen LogP contribution in [0.15, 0.2) is 35.2 Å². The molecular formula is C21H23Cl2F3N2O5S2. The van der Waals surface area contributed by atoms with Crippen LogP contribution in [0.1, 0.15) is 24.0 Å². The predicted octanol–water partition coefficient (Wildman–Crippen LogP) is 4.22. The molecule has 1 amide bonds. The highest BCUT2D eigenvalue weighted by molar-refractivity contribution is 7.89. The summed E-state index contributed by atoms with van der Waals surface area (Å²) in [5.41, 5.74) is -2.15. The summed E-state index contributed by atoms with van der Waals surface area (Å²) in [7, 11) is -2.52. The van der Waals surface area contributed by atoms with Crippen LogP contribution < -0.4 is 0 Å². The number of halogens is 5. The Hall–Kier alpha value is -1.41. The normalized spacial score (nSPS) is 16.6. The van der Waals surface area contributed by atoms with Crippen LogP contribution in [0.2, 0.25) is 8.67 Å². The number of likely N-dealkylation sites (N-methyl/N-ethyl adjacent to an activating group) is 1. The molecule has 0 unspecified atom stereocenters. The van der Waals surface area contributed by atoms with Gasteiger partial charge >= 0.3 is 6.18 Å². The minimum atomic E-state index is -4.52. The van der Waals surface area contributed by atoms with E-state index in [-0.39, 0.29) is 70.7 Å². The molecule has 1 aliphatic rings. The molecule has 1 aliphatic heterocycles. The molecule has 0 aliphatic carbocycles. The molecule has 194 valence electrons. The van der Waals surface area contributed by atoms with Crippen LogP contribution in [0, 0.1) is 0 Å². The number of amides is 1. The number of piperidine rings is 1. The zero-order valence-corrected chi connectivity index (χ0v) is 21.7. The summed E-state index contributed by atoms with van der Waals surface area (Å²) in [5, 5.41) is 10.9. The molecule has 35 heavy (non-hydrogen) atoms. The minimum absolute atomic E-state index is 0.0330. The number of alkyl halides is 3. The molecule has 1 aromatic carbocycles. The van der Waals surface area contributed by atoms with Gasteiger partial charge in [-0.2, -0.15) is 17.5 Å². The molecule has 7 nitrogen and oxygen atoms in total. The van der Waals surface area contributed by atoms with Crippen molar-refractivity contribution in [2.24, 2.45) is 0 Å². The van der Waals surface area contributed by atoms with E-state index in [9.17, 15) is 31.5 Å². The van der Waals surface area contributed by atoms with Gasteiger partial charge in [0.25, 0.3) is 0 Å². The zero-order valence-electron chi connectivity index (χ0n) is 18.5. The first-order valence-corrected chi connectivity index (χ1v) is 13.4. The molecule has 1 N–H and O–H groups in total. The second-order valence-electron chi connectivity index (χ2n) is 8.06. The molecule has 0 saturated carbocycles. The Labute approximate surface area is 215 Å². The molecule has 0 radical (unpaired) electrons. The third kappa shape index (κ3) is 6.68. The number of carbonyl (C=O) groups excluding carboxylic acids is 1. The van der Waals surface area contributed by atoms with Gasteiger partial charge in [0.1, 0.15) is 15.8 Å². The smallest absolute Gasteiger partial charge is 0.385 e. The lowest BCUT2D eigenvalue weighted by Crippen LogP contribution is -2.46. The Kier molecular flexibility index (Phi) is 8.78. The van der Waals surface area contributed by atoms with E-state index in [4.69, 9.17) is 27.9 Å². The molecule has 1 aromatic heterocycles. The highest BCUT2D eigenvalue weighted by Gasteiger charge is 2.38. The second-order valence-corrected chi connectivity index (χ2v) is 12.4. The molecule has 1 fully saturated rings. The van der Waals surface area contributed by atoms with Crippen molar-refractivity contribution in [3.63, 3.8) is 0 Å². The van der Waals surface area contributed by atoms with Crippen LogP contribution in [0.4, 0.5) is 13.2 Å². The van der Waals surface area contributed by atoms with Gasteiger partial charge in [0.2, 0.25) is 15.9 Å². The van der Waals surface area contributed by atoms with E-state index in [1.807, 2.05) is 0 Å². The standard InChI is InChI=1S/C21H23Cl2F3N2O5S2/c1-27(35(31,32)16-12-17(22)34-19(16)23)9-10-33-13-18(29)28-7-5-20(30,6-8-28)14-3-2-4-15(11-14)21(24,25)26/h2-4,11-12,30H,5-10,13H2,1H3. The first kappa shape index (κ1) is 28.2. The summed E-state index contributed by atoms with van der Waals surface area (Å²) in [6.07, 6.45) is -4.37. The van der Waals surface area contributed by atoms with Gasteiger partial charge in [-0.15, -0.1) is 11.3 Å². The number of sulfonamides is 1. The monoisotopic (exact) mass is 574 g/mol. The number of aliphatic hydroxyl groups is 1. The number of carbonyl (C=O) groups is 1. The van der Waals surface area contributed by atoms with E-state index in [0.29, 0.717) is 0 Å². The third-order valence-corrected chi connectivity index (χ3v) is 9.37. The minimum Gasteiger partial charge on any atom is -0.385 e. The van der Waals surface area contributed by atoms with Gasteiger partial charge in [0.15, 0.2) is 0 Å². The van der Waals surface area contributed by atoms with Crippen molar-refractivity contribution in [2.75, 3.05) is 39.9 Å². The van der Waals surface area contributed by atoms with Crippen LogP contribution in [-0.4, -0.2) is 68.5 Å². The Morgan fingerprint density at radius 3 is 2.49 bits per heavy atom. The first-order valence-electron chi connectivity index (χ1n) is 10.4. The van der Waals surface area contributed by atoms with Crippen LogP contribution in [0.25, 0.3) is 0 Å². The molecule has 14 heteroatoms. The summed E-state index contributed by atoms with van der Waals surface area (Å²) in [6, 6.07) is 5.83. The van der Waals surface area contributed by atoms with Crippen molar-refractivity contribution in [1.29, 1.82) is 0 Å². The molecule has 1 saturated heterocycles. The average Bonchev–Trinajstić information content (AvgIpc) is 3.15. The zero-order chi connectivity index (χ0) is 26.0. The number of nitrogens with zero attached hydrogens (tertiary/aromatic N) is 2. The van der Waals surface area contributed by atoms with E-state index >= 15 is 0 Å². The topological polar surface area (TPSA) is 87.2 Å². The van der Waals surface area contributed by atoms with E-state index in [1.165, 1.54) is 30.1 Å². The van der Waals surface area contributed by atoms with Crippen molar-refractivity contribution in [3.8, 4) is 0 Å². The SMILES string of the molecule is CN(CCOCC(=O)N1CCC(O)(c2cccc(C(F)(F)F)c2)CC1)S(=O)(=O)c1cc(Cl)sc1Cl. The Bertz CT molecular complexity index is 1170. The molecule has 0 bridgehead atoms. The maximum Gasteiger partial charge on any atom is 0.416 e. The molecule has 2 aromatic rings. The number of hydrogen-bond donors (Lipinski definition) is 1.